The van der Waals surface area contributed by atoms with Crippen molar-refractivity contribution < 1.29 is 18.8 Å². The van der Waals surface area contributed by atoms with Gasteiger partial charge in [-0.2, -0.15) is 4.98 Å². The van der Waals surface area contributed by atoms with Crippen molar-refractivity contribution in [3.63, 3.8) is 0 Å². The van der Waals surface area contributed by atoms with E-state index in [0.29, 0.717) is 37.2 Å². The molecule has 1 fully saturated rings. The van der Waals surface area contributed by atoms with Gasteiger partial charge in [-0.25, -0.2) is 0 Å². The Morgan fingerprint density at radius 3 is 2.80 bits per heavy atom. The van der Waals surface area contributed by atoms with Crippen LogP contribution < -0.4 is 4.74 Å². The Morgan fingerprint density at radius 2 is 2.12 bits per heavy atom. The number of aromatic nitrogens is 2. The zero-order chi connectivity index (χ0) is 17.8. The van der Waals surface area contributed by atoms with Crippen LogP contribution in [0, 0.1) is 6.92 Å². The Bertz CT molecular complexity index is 711. The highest BCUT2D eigenvalue weighted by atomic mass is 16.5. The van der Waals surface area contributed by atoms with Crippen LogP contribution in [0.25, 0.3) is 0 Å². The van der Waals surface area contributed by atoms with Crippen LogP contribution in [0.3, 0.4) is 0 Å². The molecule has 3 rings (SSSR count). The molecule has 0 saturated carbocycles. The summed E-state index contributed by atoms with van der Waals surface area (Å²) in [6, 6.07) is 7.62. The lowest BCUT2D eigenvalue weighted by atomic mass is 10.2. The van der Waals surface area contributed by atoms with Crippen molar-refractivity contribution in [2.45, 2.75) is 32.8 Å². The number of ether oxygens (including phenoxy) is 2. The number of carbonyl (C=O) groups is 1. The minimum atomic E-state index is -0.367. The normalized spacial score (nSPS) is 17.8. The molecule has 25 heavy (non-hydrogen) atoms. The maximum atomic E-state index is 12.4. The highest BCUT2D eigenvalue weighted by molar-refractivity contribution is 5.77. The molecule has 1 amide bonds. The number of hydrogen-bond acceptors (Lipinski definition) is 6. The first-order chi connectivity index (χ1) is 12.0. The van der Waals surface area contributed by atoms with Crippen LogP contribution in [0.2, 0.25) is 0 Å². The van der Waals surface area contributed by atoms with Gasteiger partial charge in [-0.05, 0) is 19.1 Å². The Balaban J connectivity index is 1.56. The first-order valence-corrected chi connectivity index (χ1v) is 8.45. The van der Waals surface area contributed by atoms with Crippen molar-refractivity contribution in [1.29, 1.82) is 0 Å². The van der Waals surface area contributed by atoms with Gasteiger partial charge in [0, 0.05) is 12.5 Å². The van der Waals surface area contributed by atoms with Gasteiger partial charge in [0.15, 0.2) is 6.61 Å². The van der Waals surface area contributed by atoms with E-state index in [9.17, 15) is 4.79 Å². The molecule has 0 N–H and O–H groups in total. The third-order valence-corrected chi connectivity index (χ3v) is 4.04. The van der Waals surface area contributed by atoms with Crippen LogP contribution in [0.4, 0.5) is 0 Å². The average Bonchev–Trinajstić information content (AvgIpc) is 3.11. The summed E-state index contributed by atoms with van der Waals surface area (Å²) >= 11 is 0. The predicted octanol–water partition coefficient (Wildman–Crippen LogP) is 2.48. The monoisotopic (exact) mass is 345 g/mol. The number of morpholine rings is 1. The molecule has 0 spiro atoms. The van der Waals surface area contributed by atoms with Gasteiger partial charge in [0.25, 0.3) is 5.91 Å². The number of carbonyl (C=O) groups excluding carboxylic acids is 1. The number of rotatable bonds is 5. The molecule has 2 heterocycles. The summed E-state index contributed by atoms with van der Waals surface area (Å²) in [6.45, 7) is 7.33. The van der Waals surface area contributed by atoms with Gasteiger partial charge in [-0.3, -0.25) is 4.79 Å². The second kappa shape index (κ2) is 7.65. The third kappa shape index (κ3) is 4.36. The number of hydrogen-bond donors (Lipinski definition) is 0. The Morgan fingerprint density at radius 1 is 1.36 bits per heavy atom. The molecule has 7 nitrogen and oxygen atoms in total. The predicted molar refractivity (Wildman–Crippen MR) is 90.3 cm³/mol. The van der Waals surface area contributed by atoms with Crippen LogP contribution in [0.5, 0.6) is 5.75 Å². The van der Waals surface area contributed by atoms with Crippen LogP contribution >= 0.6 is 0 Å². The molecule has 2 aromatic rings. The number of nitrogens with zero attached hydrogens (tertiary/aromatic N) is 3. The SMILES string of the molecule is Cc1ccc(OCC(=O)N2CCO[C@@H](c3noc(C(C)C)n3)C2)cc1. The van der Waals surface area contributed by atoms with Gasteiger partial charge in [-0.15, -0.1) is 0 Å². The average molecular weight is 345 g/mol. The molecule has 1 atom stereocenters. The molecule has 0 aliphatic carbocycles. The van der Waals surface area contributed by atoms with E-state index in [1.165, 1.54) is 0 Å². The lowest BCUT2D eigenvalue weighted by Gasteiger charge is -2.31. The topological polar surface area (TPSA) is 77.7 Å². The lowest BCUT2D eigenvalue weighted by Crippen LogP contribution is -2.44. The third-order valence-electron chi connectivity index (χ3n) is 4.04. The highest BCUT2D eigenvalue weighted by Gasteiger charge is 2.29. The Labute approximate surface area is 146 Å². The quantitative estimate of drug-likeness (QED) is 0.828. The van der Waals surface area contributed by atoms with Gasteiger partial charge in [0.2, 0.25) is 11.7 Å². The summed E-state index contributed by atoms with van der Waals surface area (Å²) in [5.74, 6) is 1.82. The van der Waals surface area contributed by atoms with E-state index < -0.39 is 0 Å². The van der Waals surface area contributed by atoms with Crippen LogP contribution in [0.15, 0.2) is 28.8 Å². The number of aryl methyl sites for hydroxylation is 1. The molecule has 0 radical (unpaired) electrons. The van der Waals surface area contributed by atoms with Gasteiger partial charge in [0.1, 0.15) is 11.9 Å². The molecule has 1 saturated heterocycles. The molecule has 0 unspecified atom stereocenters. The minimum Gasteiger partial charge on any atom is -0.484 e. The van der Waals surface area contributed by atoms with Crippen molar-refractivity contribution in [3.05, 3.63) is 41.5 Å². The fourth-order valence-electron chi connectivity index (χ4n) is 2.52. The van der Waals surface area contributed by atoms with E-state index in [0.717, 1.165) is 5.56 Å². The molecule has 1 aromatic carbocycles. The Kier molecular flexibility index (Phi) is 5.33. The summed E-state index contributed by atoms with van der Waals surface area (Å²) < 4.78 is 16.5. The summed E-state index contributed by atoms with van der Waals surface area (Å²) in [5.41, 5.74) is 1.15. The second-order valence-electron chi connectivity index (χ2n) is 6.45. The van der Waals surface area contributed by atoms with Crippen LogP contribution in [-0.4, -0.2) is 47.3 Å². The van der Waals surface area contributed by atoms with Gasteiger partial charge in [0.05, 0.1) is 13.2 Å². The zero-order valence-electron chi connectivity index (χ0n) is 14.8. The lowest BCUT2D eigenvalue weighted by molar-refractivity contribution is -0.141. The molecule has 0 bridgehead atoms. The molecule has 134 valence electrons. The van der Waals surface area contributed by atoms with Gasteiger partial charge >= 0.3 is 0 Å². The number of amides is 1. The fraction of sp³-hybridized carbons (Fsp3) is 0.500. The first-order valence-electron chi connectivity index (χ1n) is 8.45. The fourth-order valence-corrected chi connectivity index (χ4v) is 2.52. The minimum absolute atomic E-state index is 0.000725. The second-order valence-corrected chi connectivity index (χ2v) is 6.45. The molecular weight excluding hydrogens is 322 g/mol. The van der Waals surface area contributed by atoms with Crippen molar-refractivity contribution in [1.82, 2.24) is 15.0 Å². The van der Waals surface area contributed by atoms with Crippen molar-refractivity contribution >= 4 is 5.91 Å². The van der Waals surface area contributed by atoms with E-state index >= 15 is 0 Å². The van der Waals surface area contributed by atoms with Crippen molar-refractivity contribution in [2.75, 3.05) is 26.3 Å². The highest BCUT2D eigenvalue weighted by Crippen LogP contribution is 2.22. The first kappa shape index (κ1) is 17.4. The van der Waals surface area contributed by atoms with Crippen molar-refractivity contribution in [3.8, 4) is 5.75 Å². The summed E-state index contributed by atoms with van der Waals surface area (Å²) in [5, 5.41) is 3.98. The molecular formula is C18H23N3O4. The molecule has 1 aliphatic rings. The van der Waals surface area contributed by atoms with E-state index in [1.807, 2.05) is 45.0 Å². The molecule has 7 heteroatoms. The van der Waals surface area contributed by atoms with Crippen molar-refractivity contribution in [2.24, 2.45) is 0 Å². The largest absolute Gasteiger partial charge is 0.484 e. The summed E-state index contributed by atoms with van der Waals surface area (Å²) in [7, 11) is 0. The van der Waals surface area contributed by atoms with Gasteiger partial charge in [-0.1, -0.05) is 36.7 Å². The summed E-state index contributed by atoms with van der Waals surface area (Å²) in [6.07, 6.45) is -0.367. The summed E-state index contributed by atoms with van der Waals surface area (Å²) in [4.78, 5) is 18.5. The smallest absolute Gasteiger partial charge is 0.260 e. The standard InChI is InChI=1S/C18H23N3O4/c1-12(2)18-19-17(20-25-18)15-10-21(8-9-23-15)16(22)11-24-14-6-4-13(3)5-7-14/h4-7,12,15H,8-11H2,1-3H3/t15-/m1/s1. The van der Waals surface area contributed by atoms with E-state index in [4.69, 9.17) is 14.0 Å². The zero-order valence-corrected chi connectivity index (χ0v) is 14.8. The molecule has 1 aliphatic heterocycles. The van der Waals surface area contributed by atoms with Gasteiger partial charge < -0.3 is 18.9 Å². The van der Waals surface area contributed by atoms with Crippen LogP contribution in [0.1, 0.15) is 43.1 Å². The molecule has 1 aromatic heterocycles. The van der Waals surface area contributed by atoms with E-state index in [-0.39, 0.29) is 24.5 Å². The number of benzene rings is 1. The maximum Gasteiger partial charge on any atom is 0.260 e. The van der Waals surface area contributed by atoms with E-state index in [1.54, 1.807) is 4.90 Å². The maximum absolute atomic E-state index is 12.4. The van der Waals surface area contributed by atoms with E-state index in [2.05, 4.69) is 10.1 Å². The van der Waals surface area contributed by atoms with Crippen LogP contribution in [-0.2, 0) is 9.53 Å². The Hall–Kier alpha value is -2.41.